The summed E-state index contributed by atoms with van der Waals surface area (Å²) in [5, 5.41) is 13.4. The van der Waals surface area contributed by atoms with Crippen molar-refractivity contribution in [3.05, 3.63) is 65.5 Å². The Morgan fingerprint density at radius 2 is 1.79 bits per heavy atom. The minimum absolute atomic E-state index is 0.575. The fraction of sp³-hybridized carbons (Fsp3) is 0.286. The molecule has 3 rings (SSSR count). The van der Waals surface area contributed by atoms with Gasteiger partial charge in [0.15, 0.2) is 11.5 Å². The van der Waals surface area contributed by atoms with Crippen LogP contribution in [0.15, 0.2) is 59.0 Å². The van der Waals surface area contributed by atoms with Crippen LogP contribution in [0.5, 0.6) is 11.5 Å². The van der Waals surface area contributed by atoms with Gasteiger partial charge in [0.1, 0.15) is 6.33 Å². The first-order valence-corrected chi connectivity index (χ1v) is 10.2. The third-order valence-corrected chi connectivity index (χ3v) is 4.89. The smallest absolute Gasteiger partial charge is 0.212 e. The standard InChI is InChI=1S/C21H24N4O2S/c1-4-26-19-11-10-18(12-20(19)27-5-2)13-23-25-15-22-24-21(25)28-14-17-8-6-16(3)7-9-17/h6-13,15H,4-5,14H2,1-3H3/b23-13+. The second-order valence-electron chi connectivity index (χ2n) is 6.05. The summed E-state index contributed by atoms with van der Waals surface area (Å²) in [5.41, 5.74) is 3.40. The van der Waals surface area contributed by atoms with Gasteiger partial charge in [-0.1, -0.05) is 41.6 Å². The van der Waals surface area contributed by atoms with E-state index in [-0.39, 0.29) is 0 Å². The Hall–Kier alpha value is -2.80. The molecule has 0 amide bonds. The highest BCUT2D eigenvalue weighted by Gasteiger charge is 2.07. The molecule has 0 aliphatic carbocycles. The largest absolute Gasteiger partial charge is 0.490 e. The first-order chi connectivity index (χ1) is 13.7. The van der Waals surface area contributed by atoms with Gasteiger partial charge >= 0.3 is 0 Å². The molecule has 146 valence electrons. The van der Waals surface area contributed by atoms with Crippen LogP contribution in [0.25, 0.3) is 0 Å². The van der Waals surface area contributed by atoms with Gasteiger partial charge in [0, 0.05) is 5.75 Å². The number of ether oxygens (including phenoxy) is 2. The highest BCUT2D eigenvalue weighted by atomic mass is 32.2. The van der Waals surface area contributed by atoms with E-state index in [2.05, 4.69) is 46.5 Å². The van der Waals surface area contributed by atoms with Crippen LogP contribution in [0.4, 0.5) is 0 Å². The van der Waals surface area contributed by atoms with Gasteiger partial charge in [0.05, 0.1) is 19.4 Å². The van der Waals surface area contributed by atoms with Crippen molar-refractivity contribution in [2.24, 2.45) is 5.10 Å². The summed E-state index contributed by atoms with van der Waals surface area (Å²) in [6.45, 7) is 7.15. The van der Waals surface area contributed by atoms with Gasteiger partial charge in [-0.15, -0.1) is 10.2 Å². The molecule has 6 nitrogen and oxygen atoms in total. The third kappa shape index (κ3) is 5.36. The number of benzene rings is 2. The van der Waals surface area contributed by atoms with Crippen molar-refractivity contribution in [3.63, 3.8) is 0 Å². The second kappa shape index (κ2) is 9.94. The Balaban J connectivity index is 1.70. The van der Waals surface area contributed by atoms with Gasteiger partial charge in [-0.25, -0.2) is 0 Å². The van der Waals surface area contributed by atoms with Crippen LogP contribution in [0.1, 0.15) is 30.5 Å². The van der Waals surface area contributed by atoms with Gasteiger partial charge in [-0.05, 0) is 50.1 Å². The number of aryl methyl sites for hydroxylation is 1. The Morgan fingerprint density at radius 3 is 2.54 bits per heavy atom. The molecule has 0 aliphatic rings. The van der Waals surface area contributed by atoms with E-state index in [9.17, 15) is 0 Å². The quantitative estimate of drug-likeness (QED) is 0.392. The van der Waals surface area contributed by atoms with E-state index in [1.54, 1.807) is 29.0 Å². The maximum Gasteiger partial charge on any atom is 0.212 e. The van der Waals surface area contributed by atoms with Gasteiger partial charge in [0.25, 0.3) is 0 Å². The van der Waals surface area contributed by atoms with E-state index < -0.39 is 0 Å². The molecule has 0 aliphatic heterocycles. The van der Waals surface area contributed by atoms with Crippen LogP contribution in [-0.2, 0) is 5.75 Å². The van der Waals surface area contributed by atoms with E-state index in [0.717, 1.165) is 22.2 Å². The maximum atomic E-state index is 5.66. The van der Waals surface area contributed by atoms with Crippen LogP contribution < -0.4 is 9.47 Å². The molecule has 0 N–H and O–H groups in total. The summed E-state index contributed by atoms with van der Waals surface area (Å²) < 4.78 is 12.9. The van der Waals surface area contributed by atoms with Crippen molar-refractivity contribution >= 4 is 18.0 Å². The lowest BCUT2D eigenvalue weighted by atomic mass is 10.2. The summed E-state index contributed by atoms with van der Waals surface area (Å²) in [6, 6.07) is 14.2. The monoisotopic (exact) mass is 396 g/mol. The lowest BCUT2D eigenvalue weighted by Gasteiger charge is -2.11. The highest BCUT2D eigenvalue weighted by molar-refractivity contribution is 7.98. The molecule has 1 aromatic heterocycles. The Labute approximate surface area is 169 Å². The number of nitrogens with zero attached hydrogens (tertiary/aromatic N) is 4. The average molecular weight is 397 g/mol. The van der Waals surface area contributed by atoms with Gasteiger partial charge < -0.3 is 9.47 Å². The predicted molar refractivity (Wildman–Crippen MR) is 113 cm³/mol. The molecule has 0 fully saturated rings. The second-order valence-corrected chi connectivity index (χ2v) is 6.99. The number of aromatic nitrogens is 3. The fourth-order valence-corrected chi connectivity index (χ4v) is 3.32. The zero-order valence-electron chi connectivity index (χ0n) is 16.3. The SMILES string of the molecule is CCOc1ccc(/C=N/n2cnnc2SCc2ccc(C)cc2)cc1OCC. The molecular formula is C21H24N4O2S. The molecule has 28 heavy (non-hydrogen) atoms. The van der Waals surface area contributed by atoms with Crippen LogP contribution >= 0.6 is 11.8 Å². The molecule has 0 unspecified atom stereocenters. The summed E-state index contributed by atoms with van der Waals surface area (Å²) in [4.78, 5) is 0. The number of thioether (sulfide) groups is 1. The molecule has 3 aromatic rings. The van der Waals surface area contributed by atoms with Crippen LogP contribution in [0, 0.1) is 6.92 Å². The van der Waals surface area contributed by atoms with Crippen molar-refractivity contribution in [2.75, 3.05) is 13.2 Å². The molecular weight excluding hydrogens is 372 g/mol. The fourth-order valence-electron chi connectivity index (χ4n) is 2.50. The summed E-state index contributed by atoms with van der Waals surface area (Å²) in [5.74, 6) is 2.26. The topological polar surface area (TPSA) is 61.5 Å². The summed E-state index contributed by atoms with van der Waals surface area (Å²) in [7, 11) is 0. The van der Waals surface area contributed by atoms with Gasteiger partial charge in [-0.3, -0.25) is 0 Å². The van der Waals surface area contributed by atoms with Crippen LogP contribution in [0.3, 0.4) is 0 Å². The molecule has 0 spiro atoms. The third-order valence-electron chi connectivity index (χ3n) is 3.89. The Bertz CT molecular complexity index is 922. The van der Waals surface area contributed by atoms with Crippen LogP contribution in [-0.4, -0.2) is 34.3 Å². The average Bonchev–Trinajstić information content (AvgIpc) is 3.15. The summed E-state index contributed by atoms with van der Waals surface area (Å²) >= 11 is 1.60. The minimum Gasteiger partial charge on any atom is -0.490 e. The van der Waals surface area contributed by atoms with E-state index in [4.69, 9.17) is 9.47 Å². The van der Waals surface area contributed by atoms with E-state index in [1.807, 2.05) is 32.0 Å². The van der Waals surface area contributed by atoms with Gasteiger partial charge in [-0.2, -0.15) is 9.78 Å². The molecule has 7 heteroatoms. The Morgan fingerprint density at radius 1 is 1.04 bits per heavy atom. The molecule has 0 saturated carbocycles. The van der Waals surface area contributed by atoms with Crippen molar-refractivity contribution in [2.45, 2.75) is 31.7 Å². The lowest BCUT2D eigenvalue weighted by molar-refractivity contribution is 0.288. The van der Waals surface area contributed by atoms with E-state index in [0.29, 0.717) is 19.0 Å². The van der Waals surface area contributed by atoms with Crippen molar-refractivity contribution in [1.29, 1.82) is 0 Å². The minimum atomic E-state index is 0.575. The molecule has 0 bridgehead atoms. The zero-order chi connectivity index (χ0) is 19.8. The zero-order valence-corrected chi connectivity index (χ0v) is 17.1. The normalized spacial score (nSPS) is 11.1. The Kier molecular flexibility index (Phi) is 7.08. The van der Waals surface area contributed by atoms with Crippen LogP contribution in [0.2, 0.25) is 0 Å². The number of hydrogen-bond acceptors (Lipinski definition) is 6. The first-order valence-electron chi connectivity index (χ1n) is 9.22. The first kappa shape index (κ1) is 19.9. The van der Waals surface area contributed by atoms with E-state index >= 15 is 0 Å². The van der Waals surface area contributed by atoms with E-state index in [1.165, 1.54) is 11.1 Å². The molecule has 1 heterocycles. The summed E-state index contributed by atoms with van der Waals surface area (Å²) in [6.07, 6.45) is 3.36. The molecule has 0 saturated heterocycles. The van der Waals surface area contributed by atoms with Crippen molar-refractivity contribution in [1.82, 2.24) is 14.9 Å². The number of rotatable bonds is 9. The molecule has 0 radical (unpaired) electrons. The van der Waals surface area contributed by atoms with Gasteiger partial charge in [0.2, 0.25) is 5.16 Å². The van der Waals surface area contributed by atoms with Crippen molar-refractivity contribution in [3.8, 4) is 11.5 Å². The number of hydrogen-bond donors (Lipinski definition) is 0. The lowest BCUT2D eigenvalue weighted by Crippen LogP contribution is -1.99. The predicted octanol–water partition coefficient (Wildman–Crippen LogP) is 4.56. The molecule has 2 aromatic carbocycles. The van der Waals surface area contributed by atoms with Crippen molar-refractivity contribution < 1.29 is 9.47 Å². The maximum absolute atomic E-state index is 5.66. The highest BCUT2D eigenvalue weighted by Crippen LogP contribution is 2.28. The molecule has 0 atom stereocenters.